The summed E-state index contributed by atoms with van der Waals surface area (Å²) in [6.45, 7) is 0.0282. The molecule has 2 aromatic rings. The molecule has 0 saturated carbocycles. The van der Waals surface area contributed by atoms with Gasteiger partial charge in [0.25, 0.3) is 0 Å². The minimum Gasteiger partial charge on any atom is -0.344 e. The van der Waals surface area contributed by atoms with Gasteiger partial charge in [-0.15, -0.1) is 0 Å². The van der Waals surface area contributed by atoms with Gasteiger partial charge in [0.05, 0.1) is 9.79 Å². The lowest BCUT2D eigenvalue weighted by Gasteiger charge is -2.08. The molecule has 0 radical (unpaired) electrons. The first kappa shape index (κ1) is 21.5. The molecular weight excluding hydrogens is 408 g/mol. The molecule has 150 valence electrons. The van der Waals surface area contributed by atoms with Crippen molar-refractivity contribution in [2.75, 3.05) is 0 Å². The van der Waals surface area contributed by atoms with Gasteiger partial charge >= 0.3 is 11.8 Å². The molecule has 28 heavy (non-hydrogen) atoms. The lowest BCUT2D eigenvalue weighted by molar-refractivity contribution is -0.139. The highest BCUT2D eigenvalue weighted by Gasteiger charge is 2.14. The maximum atomic E-state index is 11.8. The fourth-order valence-electron chi connectivity index (χ4n) is 2.12. The minimum absolute atomic E-state index is 0.0141. The Bertz CT molecular complexity index is 989. The van der Waals surface area contributed by atoms with Crippen LogP contribution in [0, 0.1) is 0 Å². The SMILES string of the molecule is NS(=O)(=O)c1ccc(CNC(=O)C(=O)NCc2ccc(S(N)(=O)=O)cc2)cc1. The first-order valence-corrected chi connectivity index (χ1v) is 10.9. The monoisotopic (exact) mass is 426 g/mol. The summed E-state index contributed by atoms with van der Waals surface area (Å²) < 4.78 is 44.7. The Morgan fingerprint density at radius 3 is 1.18 bits per heavy atom. The molecule has 2 rings (SSSR count). The number of nitrogens with one attached hydrogen (secondary N) is 2. The van der Waals surface area contributed by atoms with Crippen molar-refractivity contribution in [3.05, 3.63) is 59.7 Å². The van der Waals surface area contributed by atoms with Crippen LogP contribution in [0.1, 0.15) is 11.1 Å². The molecule has 0 aliphatic rings. The third-order valence-electron chi connectivity index (χ3n) is 3.62. The van der Waals surface area contributed by atoms with Crippen molar-refractivity contribution in [1.29, 1.82) is 0 Å². The quantitative estimate of drug-likeness (QED) is 0.426. The molecule has 2 aromatic carbocycles. The average Bonchev–Trinajstić information content (AvgIpc) is 2.63. The molecule has 0 aliphatic heterocycles. The number of nitrogens with two attached hydrogens (primary N) is 2. The van der Waals surface area contributed by atoms with Gasteiger partial charge in [0, 0.05) is 13.1 Å². The Morgan fingerprint density at radius 2 is 0.929 bits per heavy atom. The molecular formula is C16H18N4O6S2. The molecule has 12 heteroatoms. The Balaban J connectivity index is 1.85. The van der Waals surface area contributed by atoms with Gasteiger partial charge in [0.15, 0.2) is 0 Å². The second-order valence-corrected chi connectivity index (χ2v) is 8.87. The Hall–Kier alpha value is -2.80. The maximum absolute atomic E-state index is 11.8. The highest BCUT2D eigenvalue weighted by atomic mass is 32.2. The largest absolute Gasteiger partial charge is 0.344 e. The van der Waals surface area contributed by atoms with Gasteiger partial charge in [-0.2, -0.15) is 0 Å². The standard InChI is InChI=1S/C16H18N4O6S2/c17-27(23,24)13-5-1-11(2-6-13)9-19-15(21)16(22)20-10-12-3-7-14(8-4-12)28(18,25)26/h1-8H,9-10H2,(H,19,21)(H,20,22)(H2,17,23,24)(H2,18,25,26). The van der Waals surface area contributed by atoms with E-state index in [4.69, 9.17) is 10.3 Å². The van der Waals surface area contributed by atoms with Crippen LogP contribution in [-0.2, 0) is 42.7 Å². The van der Waals surface area contributed by atoms with Gasteiger partial charge < -0.3 is 10.6 Å². The number of primary sulfonamides is 2. The number of benzene rings is 2. The predicted molar refractivity (Wildman–Crippen MR) is 99.3 cm³/mol. The molecule has 0 aromatic heterocycles. The second-order valence-electron chi connectivity index (χ2n) is 5.74. The van der Waals surface area contributed by atoms with Crippen LogP contribution in [0.5, 0.6) is 0 Å². The maximum Gasteiger partial charge on any atom is 0.309 e. The highest BCUT2D eigenvalue weighted by molar-refractivity contribution is 7.89. The van der Waals surface area contributed by atoms with E-state index in [1.54, 1.807) is 0 Å². The van der Waals surface area contributed by atoms with Crippen molar-refractivity contribution in [3.8, 4) is 0 Å². The second kappa shape index (κ2) is 8.48. The molecule has 2 amide bonds. The number of hydrogen-bond donors (Lipinski definition) is 4. The molecule has 0 spiro atoms. The van der Waals surface area contributed by atoms with E-state index in [9.17, 15) is 26.4 Å². The molecule has 0 fully saturated rings. The van der Waals surface area contributed by atoms with Gasteiger partial charge in [0.2, 0.25) is 20.0 Å². The topological polar surface area (TPSA) is 179 Å². The van der Waals surface area contributed by atoms with Crippen molar-refractivity contribution < 1.29 is 26.4 Å². The molecule has 0 aliphatic carbocycles. The van der Waals surface area contributed by atoms with Crippen LogP contribution in [0.25, 0.3) is 0 Å². The van der Waals surface area contributed by atoms with E-state index in [2.05, 4.69) is 10.6 Å². The molecule has 0 saturated heterocycles. The summed E-state index contributed by atoms with van der Waals surface area (Å²) in [5.41, 5.74) is 1.15. The number of sulfonamides is 2. The molecule has 0 heterocycles. The zero-order valence-electron chi connectivity index (χ0n) is 14.5. The number of rotatable bonds is 6. The van der Waals surface area contributed by atoms with Crippen LogP contribution in [0.3, 0.4) is 0 Å². The Labute approximate surface area is 162 Å². The zero-order chi connectivity index (χ0) is 20.9. The Morgan fingerprint density at radius 1 is 0.643 bits per heavy atom. The van der Waals surface area contributed by atoms with Crippen molar-refractivity contribution in [2.24, 2.45) is 10.3 Å². The van der Waals surface area contributed by atoms with E-state index >= 15 is 0 Å². The summed E-state index contributed by atoms with van der Waals surface area (Å²) in [5.74, 6) is -1.76. The van der Waals surface area contributed by atoms with Crippen LogP contribution in [0.15, 0.2) is 58.3 Å². The Kier molecular flexibility index (Phi) is 6.51. The number of hydrogen-bond acceptors (Lipinski definition) is 6. The van der Waals surface area contributed by atoms with Crippen molar-refractivity contribution in [2.45, 2.75) is 22.9 Å². The fraction of sp³-hybridized carbons (Fsp3) is 0.125. The molecule has 0 atom stereocenters. The van der Waals surface area contributed by atoms with E-state index in [0.29, 0.717) is 11.1 Å². The molecule has 6 N–H and O–H groups in total. The van der Waals surface area contributed by atoms with E-state index < -0.39 is 31.9 Å². The fourth-order valence-corrected chi connectivity index (χ4v) is 3.15. The van der Waals surface area contributed by atoms with Crippen molar-refractivity contribution in [1.82, 2.24) is 10.6 Å². The van der Waals surface area contributed by atoms with Crippen LogP contribution in [-0.4, -0.2) is 28.6 Å². The van der Waals surface area contributed by atoms with Crippen molar-refractivity contribution in [3.63, 3.8) is 0 Å². The van der Waals surface area contributed by atoms with E-state index in [0.717, 1.165) is 0 Å². The summed E-state index contributed by atoms with van der Waals surface area (Å²) in [4.78, 5) is 23.5. The summed E-state index contributed by atoms with van der Waals surface area (Å²) in [7, 11) is -7.60. The van der Waals surface area contributed by atoms with Gasteiger partial charge in [-0.1, -0.05) is 24.3 Å². The van der Waals surface area contributed by atoms with Crippen LogP contribution in [0.4, 0.5) is 0 Å². The molecule has 0 unspecified atom stereocenters. The summed E-state index contributed by atoms with van der Waals surface area (Å²) >= 11 is 0. The smallest absolute Gasteiger partial charge is 0.309 e. The van der Waals surface area contributed by atoms with Gasteiger partial charge in [-0.25, -0.2) is 27.1 Å². The predicted octanol–water partition coefficient (Wildman–Crippen LogP) is -1.09. The molecule has 0 bridgehead atoms. The number of carbonyl (C=O) groups excluding carboxylic acids is 2. The lowest BCUT2D eigenvalue weighted by Crippen LogP contribution is -2.39. The average molecular weight is 426 g/mol. The van der Waals surface area contributed by atoms with Crippen LogP contribution >= 0.6 is 0 Å². The van der Waals surface area contributed by atoms with Gasteiger partial charge in [-0.3, -0.25) is 9.59 Å². The third kappa shape index (κ3) is 6.13. The highest BCUT2D eigenvalue weighted by Crippen LogP contribution is 2.09. The number of amides is 2. The summed E-state index contributed by atoms with van der Waals surface area (Å²) in [6.07, 6.45) is 0. The van der Waals surface area contributed by atoms with Crippen LogP contribution in [0.2, 0.25) is 0 Å². The number of carbonyl (C=O) groups is 2. The van der Waals surface area contributed by atoms with E-state index in [-0.39, 0.29) is 22.9 Å². The first-order valence-electron chi connectivity index (χ1n) is 7.76. The van der Waals surface area contributed by atoms with Gasteiger partial charge in [-0.05, 0) is 35.4 Å². The van der Waals surface area contributed by atoms with E-state index in [1.165, 1.54) is 48.5 Å². The summed E-state index contributed by atoms with van der Waals surface area (Å²) in [6, 6.07) is 11.0. The van der Waals surface area contributed by atoms with Crippen LogP contribution < -0.4 is 20.9 Å². The normalized spacial score (nSPS) is 11.6. The minimum atomic E-state index is -3.80. The third-order valence-corrected chi connectivity index (χ3v) is 5.47. The zero-order valence-corrected chi connectivity index (χ0v) is 16.1. The van der Waals surface area contributed by atoms with Gasteiger partial charge in [0.1, 0.15) is 0 Å². The van der Waals surface area contributed by atoms with E-state index in [1.807, 2.05) is 0 Å². The lowest BCUT2D eigenvalue weighted by atomic mass is 10.2. The summed E-state index contributed by atoms with van der Waals surface area (Å²) in [5, 5.41) is 14.8. The van der Waals surface area contributed by atoms with Crippen molar-refractivity contribution >= 4 is 31.9 Å². The first-order chi connectivity index (χ1) is 13.0. The molecule has 10 nitrogen and oxygen atoms in total.